The van der Waals surface area contributed by atoms with E-state index in [1.165, 1.54) is 6.92 Å². The Bertz CT molecular complexity index is 701. The second kappa shape index (κ2) is 11.6. The second-order valence-corrected chi connectivity index (χ2v) is 6.49. The van der Waals surface area contributed by atoms with Gasteiger partial charge < -0.3 is 36.1 Å². The lowest BCUT2D eigenvalue weighted by molar-refractivity contribution is -0.151. The van der Waals surface area contributed by atoms with Crippen molar-refractivity contribution in [3.63, 3.8) is 0 Å². The number of halogens is 1. The fraction of sp³-hybridized carbons (Fsp3) is 0.500. The molecular weight excluding hydrogens is 406 g/mol. The van der Waals surface area contributed by atoms with Gasteiger partial charge in [0.1, 0.15) is 24.0 Å². The fourth-order valence-electron chi connectivity index (χ4n) is 2.90. The number of hydrogen-bond acceptors (Lipinski definition) is 8. The molecule has 1 aromatic rings. The highest BCUT2D eigenvalue weighted by molar-refractivity contribution is 5.85. The largest absolute Gasteiger partial charge is 0.484 e. The van der Waals surface area contributed by atoms with E-state index in [1.54, 1.807) is 24.3 Å². The van der Waals surface area contributed by atoms with Gasteiger partial charge in [0.05, 0.1) is 6.04 Å². The van der Waals surface area contributed by atoms with Gasteiger partial charge >= 0.3 is 11.9 Å². The number of nitrogens with one attached hydrogen (secondary N) is 2. The molecule has 0 saturated carbocycles. The summed E-state index contributed by atoms with van der Waals surface area (Å²) >= 11 is 0. The molecule has 1 aromatic carbocycles. The monoisotopic (exact) mass is 431 g/mol. The minimum Gasteiger partial charge on any atom is -0.484 e. The molecule has 1 fully saturated rings. The first-order chi connectivity index (χ1) is 13.3. The molecule has 1 aliphatic rings. The zero-order valence-electron chi connectivity index (χ0n) is 15.9. The Balaban J connectivity index is 0.00000420. The number of aliphatic hydroxyl groups excluding tert-OH is 1. The van der Waals surface area contributed by atoms with Crippen LogP contribution in [0.2, 0.25) is 0 Å². The van der Waals surface area contributed by atoms with Crippen LogP contribution in [0.15, 0.2) is 24.3 Å². The summed E-state index contributed by atoms with van der Waals surface area (Å²) in [7, 11) is 0. The molecule has 1 saturated heterocycles. The van der Waals surface area contributed by atoms with Crippen LogP contribution in [0.5, 0.6) is 5.75 Å². The number of aliphatic carboxylic acids is 1. The molecule has 11 heteroatoms. The summed E-state index contributed by atoms with van der Waals surface area (Å²) in [5.74, 6) is -1.80. The third-order valence-corrected chi connectivity index (χ3v) is 4.28. The standard InChI is InChI=1S/C18H25N3O7.ClH/c1-10(22)28-17-13(20-8-15(17)23)6-11-2-4-12(5-3-11)27-9-16(24)21-14(7-19)18(25)26;/h2-5,13-15,17,20,23H,6-9,19H2,1H3,(H,21,24)(H,25,26);1H/t13-,14+,15+,17+;/m1./s1. The summed E-state index contributed by atoms with van der Waals surface area (Å²) in [6.07, 6.45) is -0.827. The maximum atomic E-state index is 11.7. The minimum atomic E-state index is -1.21. The molecule has 162 valence electrons. The highest BCUT2D eigenvalue weighted by atomic mass is 35.5. The second-order valence-electron chi connectivity index (χ2n) is 6.49. The SMILES string of the molecule is CC(=O)O[C@@H]1[C@@H](O)CN[C@@H]1Cc1ccc(OCC(=O)N[C@@H](CN)C(=O)O)cc1.Cl. The Labute approximate surface area is 174 Å². The number of β-amino-alcohol motifs (C(OH)–C–C–N with tert-alkyl or cyclic N) is 1. The number of nitrogens with two attached hydrogens (primary N) is 1. The molecule has 0 unspecified atom stereocenters. The number of ether oxygens (including phenoxy) is 2. The van der Waals surface area contributed by atoms with Crippen LogP contribution in [-0.4, -0.2) is 72.0 Å². The van der Waals surface area contributed by atoms with Crippen LogP contribution >= 0.6 is 12.4 Å². The molecule has 29 heavy (non-hydrogen) atoms. The van der Waals surface area contributed by atoms with Crippen molar-refractivity contribution in [2.45, 2.75) is 37.6 Å². The van der Waals surface area contributed by atoms with Gasteiger partial charge in [0, 0.05) is 20.0 Å². The van der Waals surface area contributed by atoms with E-state index in [9.17, 15) is 19.5 Å². The Hall–Kier alpha value is -2.40. The molecule has 0 aromatic heterocycles. The predicted molar refractivity (Wildman–Crippen MR) is 105 cm³/mol. The van der Waals surface area contributed by atoms with Gasteiger partial charge in [0.2, 0.25) is 0 Å². The van der Waals surface area contributed by atoms with Crippen molar-refractivity contribution in [3.05, 3.63) is 29.8 Å². The molecule has 1 heterocycles. The topological polar surface area (TPSA) is 160 Å². The Kier molecular flexibility index (Phi) is 9.83. The summed E-state index contributed by atoms with van der Waals surface area (Å²) in [5.41, 5.74) is 6.20. The maximum Gasteiger partial charge on any atom is 0.327 e. The van der Waals surface area contributed by atoms with E-state index in [0.29, 0.717) is 18.7 Å². The van der Waals surface area contributed by atoms with E-state index in [1.807, 2.05) is 0 Å². The first-order valence-electron chi connectivity index (χ1n) is 8.82. The molecule has 4 atom stereocenters. The number of amides is 1. The summed E-state index contributed by atoms with van der Waals surface area (Å²) in [6.45, 7) is 1.09. The number of carboxylic acids is 1. The van der Waals surface area contributed by atoms with E-state index >= 15 is 0 Å². The van der Waals surface area contributed by atoms with Crippen molar-refractivity contribution in [3.8, 4) is 5.75 Å². The Morgan fingerprint density at radius 2 is 1.97 bits per heavy atom. The average Bonchev–Trinajstić information content (AvgIpc) is 2.98. The minimum absolute atomic E-state index is 0. The normalized spacial score (nSPS) is 21.6. The van der Waals surface area contributed by atoms with Crippen molar-refractivity contribution in [1.82, 2.24) is 10.6 Å². The number of carbonyl (C=O) groups excluding carboxylic acids is 2. The van der Waals surface area contributed by atoms with E-state index in [2.05, 4.69) is 10.6 Å². The summed E-state index contributed by atoms with van der Waals surface area (Å²) in [4.78, 5) is 33.7. The molecule has 6 N–H and O–H groups in total. The molecule has 0 aliphatic carbocycles. The van der Waals surface area contributed by atoms with Gasteiger partial charge in [-0.1, -0.05) is 12.1 Å². The first kappa shape index (κ1) is 24.6. The van der Waals surface area contributed by atoms with E-state index in [4.69, 9.17) is 20.3 Å². The predicted octanol–water partition coefficient (Wildman–Crippen LogP) is -1.18. The highest BCUT2D eigenvalue weighted by Gasteiger charge is 2.37. The van der Waals surface area contributed by atoms with Gasteiger partial charge in [-0.25, -0.2) is 4.79 Å². The van der Waals surface area contributed by atoms with Gasteiger partial charge in [-0.15, -0.1) is 12.4 Å². The smallest absolute Gasteiger partial charge is 0.327 e. The zero-order valence-corrected chi connectivity index (χ0v) is 16.7. The lowest BCUT2D eigenvalue weighted by atomic mass is 10.0. The molecular formula is C18H26ClN3O7. The summed E-state index contributed by atoms with van der Waals surface area (Å²) in [5, 5.41) is 24.2. The molecule has 0 bridgehead atoms. The van der Waals surface area contributed by atoms with E-state index in [-0.39, 0.29) is 31.6 Å². The van der Waals surface area contributed by atoms with Crippen molar-refractivity contribution in [1.29, 1.82) is 0 Å². The lowest BCUT2D eigenvalue weighted by Gasteiger charge is -2.21. The Morgan fingerprint density at radius 3 is 2.52 bits per heavy atom. The van der Waals surface area contributed by atoms with Crippen molar-refractivity contribution < 1.29 is 34.1 Å². The van der Waals surface area contributed by atoms with Gasteiger partial charge in [0.15, 0.2) is 6.61 Å². The molecule has 1 amide bonds. The van der Waals surface area contributed by atoms with Crippen LogP contribution in [0.3, 0.4) is 0 Å². The Morgan fingerprint density at radius 1 is 1.31 bits per heavy atom. The van der Waals surface area contributed by atoms with Crippen LogP contribution in [-0.2, 0) is 25.5 Å². The third-order valence-electron chi connectivity index (χ3n) is 4.28. The van der Waals surface area contributed by atoms with Crippen LogP contribution < -0.4 is 21.1 Å². The number of hydrogen-bond donors (Lipinski definition) is 5. The number of benzene rings is 1. The maximum absolute atomic E-state index is 11.7. The van der Waals surface area contributed by atoms with Crippen LogP contribution in [0.1, 0.15) is 12.5 Å². The molecule has 0 spiro atoms. The van der Waals surface area contributed by atoms with Gasteiger partial charge in [0.25, 0.3) is 5.91 Å². The van der Waals surface area contributed by atoms with Crippen LogP contribution in [0.25, 0.3) is 0 Å². The van der Waals surface area contributed by atoms with Gasteiger partial charge in [-0.05, 0) is 24.1 Å². The summed E-state index contributed by atoms with van der Waals surface area (Å²) in [6, 6.07) is 5.58. The molecule has 2 rings (SSSR count). The third kappa shape index (κ3) is 7.50. The van der Waals surface area contributed by atoms with Crippen molar-refractivity contribution >= 4 is 30.3 Å². The van der Waals surface area contributed by atoms with E-state index in [0.717, 1.165) is 5.56 Å². The van der Waals surface area contributed by atoms with Gasteiger partial charge in [-0.2, -0.15) is 0 Å². The lowest BCUT2D eigenvalue weighted by Crippen LogP contribution is -2.47. The fourth-order valence-corrected chi connectivity index (χ4v) is 2.90. The highest BCUT2D eigenvalue weighted by Crippen LogP contribution is 2.19. The van der Waals surface area contributed by atoms with Gasteiger partial charge in [-0.3, -0.25) is 9.59 Å². The average molecular weight is 432 g/mol. The zero-order chi connectivity index (χ0) is 20.7. The number of rotatable bonds is 9. The number of carboxylic acid groups (broad SMARTS) is 1. The van der Waals surface area contributed by atoms with Crippen molar-refractivity contribution in [2.75, 3.05) is 19.7 Å². The quantitative estimate of drug-likeness (QED) is 0.303. The molecule has 10 nitrogen and oxygen atoms in total. The number of aliphatic hydroxyl groups is 1. The first-order valence-corrected chi connectivity index (χ1v) is 8.82. The van der Waals surface area contributed by atoms with E-state index < -0.39 is 36.1 Å². The summed E-state index contributed by atoms with van der Waals surface area (Å²) < 4.78 is 10.5. The number of carbonyl (C=O) groups is 3. The number of esters is 1. The molecule has 0 radical (unpaired) electrons. The van der Waals surface area contributed by atoms with Crippen LogP contribution in [0.4, 0.5) is 0 Å². The van der Waals surface area contributed by atoms with Crippen LogP contribution in [0, 0.1) is 0 Å². The molecule has 1 aliphatic heterocycles. The van der Waals surface area contributed by atoms with Crippen molar-refractivity contribution in [2.24, 2.45) is 5.73 Å².